The summed E-state index contributed by atoms with van der Waals surface area (Å²) in [7, 11) is 1.37. The fourth-order valence-electron chi connectivity index (χ4n) is 2.36. The standard InChI is InChI=1S/C18H15ClF5N3O2/c1-27(9-16(29)26-17-13(20)3-2-4-14(17)21)8-15(28)25-10-5-6-12(19)11(7-10)18(22,23)24/h2-7H,8-9H2,1H3,(H,25,28)(H,26,29). The largest absolute Gasteiger partial charge is 0.417 e. The van der Waals surface area contributed by atoms with Gasteiger partial charge in [-0.3, -0.25) is 14.5 Å². The molecule has 0 aliphatic carbocycles. The number of likely N-dealkylation sites (N-methyl/N-ethyl adjacent to an activating group) is 1. The van der Waals surface area contributed by atoms with Crippen molar-refractivity contribution in [2.75, 3.05) is 30.8 Å². The molecule has 156 valence electrons. The van der Waals surface area contributed by atoms with Gasteiger partial charge in [-0.25, -0.2) is 8.78 Å². The van der Waals surface area contributed by atoms with Crippen molar-refractivity contribution >= 4 is 34.8 Å². The van der Waals surface area contributed by atoms with E-state index in [9.17, 15) is 31.5 Å². The molecule has 5 nitrogen and oxygen atoms in total. The summed E-state index contributed by atoms with van der Waals surface area (Å²) in [5.74, 6) is -3.40. The Bertz CT molecular complexity index is 901. The lowest BCUT2D eigenvalue weighted by molar-refractivity contribution is -0.137. The first-order chi connectivity index (χ1) is 13.5. The van der Waals surface area contributed by atoms with Crippen molar-refractivity contribution in [3.63, 3.8) is 0 Å². The first kappa shape index (κ1) is 22.6. The molecule has 11 heteroatoms. The highest BCUT2D eigenvalue weighted by molar-refractivity contribution is 6.31. The third-order valence-electron chi connectivity index (χ3n) is 3.61. The average Bonchev–Trinajstić information content (AvgIpc) is 2.58. The molecule has 0 atom stereocenters. The van der Waals surface area contributed by atoms with E-state index < -0.39 is 52.4 Å². The Morgan fingerprint density at radius 2 is 1.55 bits per heavy atom. The van der Waals surface area contributed by atoms with E-state index in [-0.39, 0.29) is 12.2 Å². The minimum Gasteiger partial charge on any atom is -0.325 e. The highest BCUT2D eigenvalue weighted by Crippen LogP contribution is 2.36. The molecule has 0 spiro atoms. The van der Waals surface area contributed by atoms with Crippen molar-refractivity contribution < 1.29 is 31.5 Å². The Hall–Kier alpha value is -2.72. The quantitative estimate of drug-likeness (QED) is 0.670. The van der Waals surface area contributed by atoms with Gasteiger partial charge in [0, 0.05) is 5.69 Å². The third-order valence-corrected chi connectivity index (χ3v) is 3.94. The SMILES string of the molecule is CN(CC(=O)Nc1ccc(Cl)c(C(F)(F)F)c1)CC(=O)Nc1c(F)cccc1F. The van der Waals surface area contributed by atoms with Crippen LogP contribution in [-0.2, 0) is 15.8 Å². The predicted molar refractivity (Wildman–Crippen MR) is 97.6 cm³/mol. The lowest BCUT2D eigenvalue weighted by Crippen LogP contribution is -2.36. The van der Waals surface area contributed by atoms with Crippen LogP contribution in [0.1, 0.15) is 5.56 Å². The number of halogens is 6. The van der Waals surface area contributed by atoms with Crippen LogP contribution in [0, 0.1) is 11.6 Å². The molecule has 0 bridgehead atoms. The van der Waals surface area contributed by atoms with E-state index in [0.717, 1.165) is 24.3 Å². The van der Waals surface area contributed by atoms with Gasteiger partial charge in [0.15, 0.2) is 0 Å². The van der Waals surface area contributed by atoms with Crippen LogP contribution in [-0.4, -0.2) is 36.9 Å². The van der Waals surface area contributed by atoms with E-state index in [1.165, 1.54) is 18.0 Å². The normalized spacial score (nSPS) is 11.4. The second kappa shape index (κ2) is 9.19. The zero-order valence-corrected chi connectivity index (χ0v) is 15.7. The summed E-state index contributed by atoms with van der Waals surface area (Å²) in [4.78, 5) is 25.1. The average molecular weight is 436 g/mol. The minimum atomic E-state index is -4.69. The zero-order valence-electron chi connectivity index (χ0n) is 14.9. The maximum atomic E-state index is 13.5. The Labute approximate surface area is 167 Å². The molecule has 2 amide bonds. The van der Waals surface area contributed by atoms with Crippen molar-refractivity contribution in [1.29, 1.82) is 0 Å². The number of nitrogens with one attached hydrogen (secondary N) is 2. The summed E-state index contributed by atoms with van der Waals surface area (Å²) >= 11 is 5.51. The van der Waals surface area contributed by atoms with Crippen molar-refractivity contribution in [3.05, 3.63) is 58.6 Å². The maximum Gasteiger partial charge on any atom is 0.417 e. The second-order valence-corrected chi connectivity index (χ2v) is 6.46. The molecule has 0 aliphatic heterocycles. The molecular formula is C18H15ClF5N3O2. The number of anilines is 2. The molecule has 29 heavy (non-hydrogen) atoms. The van der Waals surface area contributed by atoms with Gasteiger partial charge in [0.2, 0.25) is 11.8 Å². The first-order valence-electron chi connectivity index (χ1n) is 8.06. The molecule has 0 fully saturated rings. The molecule has 0 unspecified atom stereocenters. The molecule has 2 rings (SSSR count). The van der Waals surface area contributed by atoms with Crippen molar-refractivity contribution in [1.82, 2.24) is 4.90 Å². The van der Waals surface area contributed by atoms with Crippen molar-refractivity contribution in [2.45, 2.75) is 6.18 Å². The Morgan fingerprint density at radius 3 is 2.10 bits per heavy atom. The number of para-hydroxylation sites is 1. The van der Waals surface area contributed by atoms with Crippen LogP contribution in [0.15, 0.2) is 36.4 Å². The summed E-state index contributed by atoms with van der Waals surface area (Å²) in [6.07, 6.45) is -4.69. The second-order valence-electron chi connectivity index (χ2n) is 6.06. The van der Waals surface area contributed by atoms with Gasteiger partial charge in [-0.1, -0.05) is 17.7 Å². The molecule has 2 aromatic rings. The highest BCUT2D eigenvalue weighted by Gasteiger charge is 2.33. The van der Waals surface area contributed by atoms with Gasteiger partial charge >= 0.3 is 6.18 Å². The number of carbonyl (C=O) groups excluding carboxylic acids is 2. The van der Waals surface area contributed by atoms with Crippen LogP contribution in [0.3, 0.4) is 0 Å². The van der Waals surface area contributed by atoms with Crippen LogP contribution in [0.5, 0.6) is 0 Å². The van der Waals surface area contributed by atoms with Gasteiger partial charge in [-0.15, -0.1) is 0 Å². The Morgan fingerprint density at radius 1 is 1.00 bits per heavy atom. The van der Waals surface area contributed by atoms with E-state index in [1.807, 2.05) is 0 Å². The van der Waals surface area contributed by atoms with Gasteiger partial charge in [0.1, 0.15) is 17.3 Å². The van der Waals surface area contributed by atoms with Crippen LogP contribution in [0.4, 0.5) is 33.3 Å². The topological polar surface area (TPSA) is 61.4 Å². The number of alkyl halides is 3. The number of carbonyl (C=O) groups is 2. The first-order valence-corrected chi connectivity index (χ1v) is 8.44. The number of amides is 2. The fourth-order valence-corrected chi connectivity index (χ4v) is 2.59. The van der Waals surface area contributed by atoms with E-state index >= 15 is 0 Å². The van der Waals surface area contributed by atoms with E-state index in [0.29, 0.717) is 6.07 Å². The van der Waals surface area contributed by atoms with Gasteiger partial charge in [0.05, 0.1) is 23.7 Å². The van der Waals surface area contributed by atoms with Crippen LogP contribution in [0.2, 0.25) is 5.02 Å². The van der Waals surface area contributed by atoms with Gasteiger partial charge in [0.25, 0.3) is 0 Å². The monoisotopic (exact) mass is 435 g/mol. The number of benzene rings is 2. The molecule has 0 aromatic heterocycles. The Kier molecular flexibility index (Phi) is 7.15. The molecular weight excluding hydrogens is 421 g/mol. The lowest BCUT2D eigenvalue weighted by atomic mass is 10.2. The van der Waals surface area contributed by atoms with Crippen LogP contribution in [0.25, 0.3) is 0 Å². The minimum absolute atomic E-state index is 0.127. The number of hydrogen-bond acceptors (Lipinski definition) is 3. The van der Waals surface area contributed by atoms with Crippen LogP contribution >= 0.6 is 11.6 Å². The summed E-state index contributed by atoms with van der Waals surface area (Å²) in [5.41, 5.74) is -1.84. The highest BCUT2D eigenvalue weighted by atomic mass is 35.5. The fraction of sp³-hybridized carbons (Fsp3) is 0.222. The number of rotatable bonds is 6. The predicted octanol–water partition coefficient (Wildman–Crippen LogP) is 4.15. The lowest BCUT2D eigenvalue weighted by Gasteiger charge is -2.17. The molecule has 0 saturated carbocycles. The summed E-state index contributed by atoms with van der Waals surface area (Å²) in [6.45, 7) is -0.757. The molecule has 0 radical (unpaired) electrons. The van der Waals surface area contributed by atoms with E-state index in [4.69, 9.17) is 11.6 Å². The van der Waals surface area contributed by atoms with Crippen LogP contribution < -0.4 is 10.6 Å². The summed E-state index contributed by atoms with van der Waals surface area (Å²) < 4.78 is 65.6. The van der Waals surface area contributed by atoms with E-state index in [2.05, 4.69) is 10.6 Å². The smallest absolute Gasteiger partial charge is 0.325 e. The van der Waals surface area contributed by atoms with Crippen molar-refractivity contribution in [3.8, 4) is 0 Å². The van der Waals surface area contributed by atoms with Gasteiger partial charge < -0.3 is 10.6 Å². The molecule has 0 heterocycles. The van der Waals surface area contributed by atoms with Gasteiger partial charge in [-0.05, 0) is 37.4 Å². The number of nitrogens with zero attached hydrogens (tertiary/aromatic N) is 1. The maximum absolute atomic E-state index is 13.5. The number of hydrogen-bond donors (Lipinski definition) is 2. The van der Waals surface area contributed by atoms with E-state index in [1.54, 1.807) is 0 Å². The third kappa shape index (κ3) is 6.40. The molecule has 2 aromatic carbocycles. The Balaban J connectivity index is 1.93. The summed E-state index contributed by atoms with van der Waals surface area (Å²) in [5, 5.41) is 3.81. The molecule has 0 aliphatic rings. The summed E-state index contributed by atoms with van der Waals surface area (Å²) in [6, 6.07) is 5.96. The van der Waals surface area contributed by atoms with Crippen molar-refractivity contribution in [2.24, 2.45) is 0 Å². The van der Waals surface area contributed by atoms with Gasteiger partial charge in [-0.2, -0.15) is 13.2 Å². The zero-order chi connectivity index (χ0) is 21.8. The molecule has 2 N–H and O–H groups in total. The molecule has 0 saturated heterocycles.